The van der Waals surface area contributed by atoms with E-state index < -0.39 is 10.0 Å². The molecule has 3 N–H and O–H groups in total. The van der Waals surface area contributed by atoms with Gasteiger partial charge in [0.15, 0.2) is 4.96 Å². The number of hydrogen-bond acceptors (Lipinski definition) is 7. The van der Waals surface area contributed by atoms with Gasteiger partial charge in [0.05, 0.1) is 16.3 Å². The molecule has 8 nitrogen and oxygen atoms in total. The molecule has 2 aromatic carbocycles. The summed E-state index contributed by atoms with van der Waals surface area (Å²) < 4.78 is 29.3. The van der Waals surface area contributed by atoms with E-state index in [2.05, 4.69) is 15.0 Å². The van der Waals surface area contributed by atoms with Gasteiger partial charge in [-0.25, -0.2) is 23.1 Å². The first-order chi connectivity index (χ1) is 16.5. The molecule has 34 heavy (non-hydrogen) atoms. The highest BCUT2D eigenvalue weighted by Gasteiger charge is 2.18. The summed E-state index contributed by atoms with van der Waals surface area (Å²) in [5, 5.41) is 15.1. The summed E-state index contributed by atoms with van der Waals surface area (Å²) in [5.74, 6) is 0.790. The van der Waals surface area contributed by atoms with Gasteiger partial charge in [-0.1, -0.05) is 30.3 Å². The van der Waals surface area contributed by atoms with E-state index in [1.165, 1.54) is 11.3 Å². The zero-order chi connectivity index (χ0) is 23.5. The number of aromatic hydroxyl groups is 1. The molecule has 5 rings (SSSR count). The Labute approximate surface area is 200 Å². The lowest BCUT2D eigenvalue weighted by molar-refractivity contribution is 0.475. The number of phenolic OH excluding ortho intramolecular Hbond substituents is 1. The highest BCUT2D eigenvalue weighted by Crippen LogP contribution is 2.35. The van der Waals surface area contributed by atoms with Gasteiger partial charge in [0.2, 0.25) is 10.0 Å². The second kappa shape index (κ2) is 9.26. The van der Waals surface area contributed by atoms with Gasteiger partial charge in [-0.15, -0.1) is 11.3 Å². The zero-order valence-corrected chi connectivity index (χ0v) is 19.6. The summed E-state index contributed by atoms with van der Waals surface area (Å²) in [6.45, 7) is 0.571. The van der Waals surface area contributed by atoms with Gasteiger partial charge < -0.3 is 10.4 Å². The Balaban J connectivity index is 1.36. The van der Waals surface area contributed by atoms with Gasteiger partial charge in [-0.3, -0.25) is 4.40 Å². The lowest BCUT2D eigenvalue weighted by Gasteiger charge is -2.10. The number of hydrogen-bond donors (Lipinski definition) is 3. The first-order valence-corrected chi connectivity index (χ1v) is 12.9. The van der Waals surface area contributed by atoms with Crippen LogP contribution >= 0.6 is 11.3 Å². The third-order valence-electron chi connectivity index (χ3n) is 5.19. The van der Waals surface area contributed by atoms with Crippen LogP contribution in [0.1, 0.15) is 0 Å². The van der Waals surface area contributed by atoms with Crippen molar-refractivity contribution in [2.75, 3.05) is 18.4 Å². The Bertz CT molecular complexity index is 1550. The zero-order valence-electron chi connectivity index (χ0n) is 17.9. The highest BCUT2D eigenvalue weighted by molar-refractivity contribution is 7.89. The summed E-state index contributed by atoms with van der Waals surface area (Å²) in [7, 11) is -3.56. The van der Waals surface area contributed by atoms with Crippen molar-refractivity contribution in [2.24, 2.45) is 0 Å². The molecule has 0 fully saturated rings. The number of thiazole rings is 1. The van der Waals surface area contributed by atoms with Crippen LogP contribution in [0.3, 0.4) is 0 Å². The number of benzene rings is 2. The van der Waals surface area contributed by atoms with Gasteiger partial charge in [0.25, 0.3) is 0 Å². The minimum Gasteiger partial charge on any atom is -0.508 e. The third kappa shape index (κ3) is 4.51. The molecule has 5 aromatic rings. The molecule has 0 unspecified atom stereocenters. The Morgan fingerprint density at radius 2 is 1.82 bits per heavy atom. The summed E-state index contributed by atoms with van der Waals surface area (Å²) in [5.41, 5.74) is 3.35. The molecule has 0 saturated carbocycles. The van der Waals surface area contributed by atoms with Crippen LogP contribution in [-0.4, -0.2) is 41.0 Å². The van der Waals surface area contributed by atoms with Crippen molar-refractivity contribution in [1.82, 2.24) is 19.1 Å². The Morgan fingerprint density at radius 3 is 2.65 bits per heavy atom. The van der Waals surface area contributed by atoms with Crippen LogP contribution < -0.4 is 10.0 Å². The van der Waals surface area contributed by atoms with Crippen molar-refractivity contribution in [3.8, 4) is 28.3 Å². The van der Waals surface area contributed by atoms with Crippen molar-refractivity contribution >= 4 is 32.1 Å². The molecule has 0 aliphatic heterocycles. The number of pyridine rings is 1. The second-order valence-corrected chi connectivity index (χ2v) is 10.1. The summed E-state index contributed by atoms with van der Waals surface area (Å²) in [6.07, 6.45) is 3.66. The third-order valence-corrected chi connectivity index (χ3v) is 7.43. The minimum absolute atomic E-state index is 0.176. The van der Waals surface area contributed by atoms with E-state index in [-0.39, 0.29) is 17.2 Å². The van der Waals surface area contributed by atoms with Crippen LogP contribution in [0.2, 0.25) is 0 Å². The number of nitrogens with zero attached hydrogens (tertiary/aromatic N) is 3. The number of fused-ring (bicyclic) bond motifs is 1. The Hall–Kier alpha value is -3.73. The summed E-state index contributed by atoms with van der Waals surface area (Å²) in [6, 6.07) is 19.1. The first-order valence-electron chi connectivity index (χ1n) is 10.5. The fraction of sp³-hybridized carbons (Fsp3) is 0.0833. The average molecular weight is 492 g/mol. The fourth-order valence-corrected chi connectivity index (χ4v) is 5.42. The highest BCUT2D eigenvalue weighted by atomic mass is 32.2. The molecular weight excluding hydrogens is 470 g/mol. The smallest absolute Gasteiger partial charge is 0.240 e. The Kier molecular flexibility index (Phi) is 6.01. The molecule has 0 bridgehead atoms. The van der Waals surface area contributed by atoms with Crippen molar-refractivity contribution in [1.29, 1.82) is 0 Å². The maximum atomic E-state index is 12.4. The van der Waals surface area contributed by atoms with Crippen LogP contribution in [0.15, 0.2) is 89.4 Å². The summed E-state index contributed by atoms with van der Waals surface area (Å²) in [4.78, 5) is 10.2. The van der Waals surface area contributed by atoms with Gasteiger partial charge in [-0.05, 0) is 36.4 Å². The topological polar surface area (TPSA) is 109 Å². The number of rotatable bonds is 8. The lowest BCUT2D eigenvalue weighted by Crippen LogP contribution is -2.29. The van der Waals surface area contributed by atoms with Crippen LogP contribution in [0, 0.1) is 0 Å². The first kappa shape index (κ1) is 22.1. The average Bonchev–Trinajstić information content (AvgIpc) is 3.44. The normalized spacial score (nSPS) is 11.6. The van der Waals surface area contributed by atoms with Gasteiger partial charge in [0, 0.05) is 42.0 Å². The molecule has 3 heterocycles. The molecule has 0 aliphatic carbocycles. The molecule has 0 atom stereocenters. The largest absolute Gasteiger partial charge is 0.508 e. The fourth-order valence-electron chi connectivity index (χ4n) is 3.65. The summed E-state index contributed by atoms with van der Waals surface area (Å²) >= 11 is 1.53. The van der Waals surface area contributed by atoms with E-state index in [0.717, 1.165) is 27.5 Å². The molecule has 0 spiro atoms. The van der Waals surface area contributed by atoms with Crippen molar-refractivity contribution in [2.45, 2.75) is 4.90 Å². The number of phenols is 1. The van der Waals surface area contributed by atoms with Crippen LogP contribution in [0.25, 0.3) is 27.5 Å². The van der Waals surface area contributed by atoms with Gasteiger partial charge in [0.1, 0.15) is 11.6 Å². The molecule has 172 valence electrons. The number of imidazole rings is 1. The van der Waals surface area contributed by atoms with Crippen molar-refractivity contribution in [3.05, 3.63) is 84.5 Å². The van der Waals surface area contributed by atoms with Crippen LogP contribution in [0.4, 0.5) is 5.82 Å². The predicted octanol–water partition coefficient (Wildman–Crippen LogP) is 4.22. The predicted molar refractivity (Wildman–Crippen MR) is 134 cm³/mol. The number of anilines is 1. The van der Waals surface area contributed by atoms with E-state index in [1.54, 1.807) is 54.7 Å². The monoisotopic (exact) mass is 491 g/mol. The van der Waals surface area contributed by atoms with E-state index in [4.69, 9.17) is 4.98 Å². The molecule has 10 heteroatoms. The number of nitrogens with one attached hydrogen (secondary N) is 2. The number of sulfonamides is 1. The standard InChI is InChI=1S/C24H21N5O3S2/c30-19-6-4-5-17(15-19)22-23(29-13-14-33-24(29)28-22)18-9-10-25-21(16-18)26-11-12-27-34(31,32)20-7-2-1-3-8-20/h1-10,13-16,27,30H,11-12H2,(H,25,26). The van der Waals surface area contributed by atoms with E-state index in [0.29, 0.717) is 12.4 Å². The van der Waals surface area contributed by atoms with Crippen LogP contribution in [0.5, 0.6) is 5.75 Å². The molecule has 0 aliphatic rings. The van der Waals surface area contributed by atoms with E-state index in [9.17, 15) is 13.5 Å². The molecule has 0 amide bonds. The van der Waals surface area contributed by atoms with Crippen molar-refractivity contribution < 1.29 is 13.5 Å². The maximum Gasteiger partial charge on any atom is 0.240 e. The lowest BCUT2D eigenvalue weighted by atomic mass is 10.1. The second-order valence-electron chi connectivity index (χ2n) is 7.48. The van der Waals surface area contributed by atoms with Crippen molar-refractivity contribution in [3.63, 3.8) is 0 Å². The number of aromatic nitrogens is 3. The maximum absolute atomic E-state index is 12.4. The van der Waals surface area contributed by atoms with Crippen LogP contribution in [-0.2, 0) is 10.0 Å². The molecular formula is C24H21N5O3S2. The molecule has 0 saturated heterocycles. The minimum atomic E-state index is -3.56. The van der Waals surface area contributed by atoms with Gasteiger partial charge >= 0.3 is 0 Å². The van der Waals surface area contributed by atoms with E-state index in [1.807, 2.05) is 34.2 Å². The van der Waals surface area contributed by atoms with E-state index >= 15 is 0 Å². The quantitative estimate of drug-likeness (QED) is 0.281. The SMILES string of the molecule is O=S(=O)(NCCNc1cc(-c2c(-c3cccc(O)c3)nc3sccn23)ccn1)c1ccccc1. The molecule has 0 radical (unpaired) electrons. The molecule has 3 aromatic heterocycles. The Morgan fingerprint density at radius 1 is 0.971 bits per heavy atom. The van der Waals surface area contributed by atoms with Gasteiger partial charge in [-0.2, -0.15) is 0 Å².